The van der Waals surface area contributed by atoms with E-state index in [4.69, 9.17) is 5.26 Å². The Bertz CT molecular complexity index is 704. The van der Waals surface area contributed by atoms with Crippen LogP contribution < -0.4 is 0 Å². The molecule has 0 aliphatic rings. The fourth-order valence-electron chi connectivity index (χ4n) is 1.26. The van der Waals surface area contributed by atoms with Crippen molar-refractivity contribution in [3.05, 3.63) is 51.2 Å². The van der Waals surface area contributed by atoms with Gasteiger partial charge in [0, 0.05) is 10.9 Å². The molecule has 2 aromatic rings. The molecular weight excluding hydrogens is 251 g/mol. The average molecular weight is 256 g/mol. The van der Waals surface area contributed by atoms with E-state index in [1.165, 1.54) is 23.5 Å². The maximum absolute atomic E-state index is 13.1. The predicted molar refractivity (Wildman–Crippen MR) is 64.6 cm³/mol. The molecule has 0 N–H and O–H groups in total. The van der Waals surface area contributed by atoms with Gasteiger partial charge in [0.05, 0.1) is 11.6 Å². The van der Waals surface area contributed by atoms with Gasteiger partial charge in [-0.3, -0.25) is 4.79 Å². The second-order valence-corrected chi connectivity index (χ2v) is 4.17. The zero-order chi connectivity index (χ0) is 13.0. The smallest absolute Gasteiger partial charge is 0.178 e. The summed E-state index contributed by atoms with van der Waals surface area (Å²) in [6, 6.07) is 5.72. The largest absolute Gasteiger partial charge is 0.295 e. The number of carbonyl (C=O) groups excluding carboxylic acids is 1. The first-order valence-corrected chi connectivity index (χ1v) is 5.72. The van der Waals surface area contributed by atoms with Gasteiger partial charge < -0.3 is 0 Å². The van der Waals surface area contributed by atoms with E-state index in [0.717, 1.165) is 6.07 Å². The predicted octanol–water partition coefficient (Wildman–Crippen LogP) is 2.37. The van der Waals surface area contributed by atoms with Crippen LogP contribution in [0.1, 0.15) is 26.6 Å². The molecule has 1 aromatic heterocycles. The highest BCUT2D eigenvalue weighted by Gasteiger charge is 1.99. The van der Waals surface area contributed by atoms with Crippen molar-refractivity contribution in [2.24, 2.45) is 0 Å². The second kappa shape index (κ2) is 5.22. The van der Waals surface area contributed by atoms with Crippen LogP contribution in [-0.4, -0.2) is 11.3 Å². The van der Waals surface area contributed by atoms with E-state index in [2.05, 4.69) is 16.8 Å². The molecule has 0 atom stereocenters. The maximum Gasteiger partial charge on any atom is 0.178 e. The van der Waals surface area contributed by atoms with Gasteiger partial charge in [0.1, 0.15) is 11.5 Å². The number of thiazole rings is 1. The zero-order valence-electron chi connectivity index (χ0n) is 8.98. The molecule has 3 nitrogen and oxygen atoms in total. The van der Waals surface area contributed by atoms with Crippen LogP contribution >= 0.6 is 11.3 Å². The first kappa shape index (κ1) is 12.0. The van der Waals surface area contributed by atoms with Crippen molar-refractivity contribution in [1.82, 2.24) is 4.98 Å². The number of nitriles is 1. The maximum atomic E-state index is 13.1. The molecule has 0 aliphatic carbocycles. The highest BCUT2D eigenvalue weighted by Crippen LogP contribution is 2.09. The molecule has 18 heavy (non-hydrogen) atoms. The van der Waals surface area contributed by atoms with Crippen LogP contribution in [0.5, 0.6) is 0 Å². The second-order valence-electron chi connectivity index (χ2n) is 3.28. The van der Waals surface area contributed by atoms with E-state index < -0.39 is 5.82 Å². The van der Waals surface area contributed by atoms with Crippen molar-refractivity contribution in [2.45, 2.75) is 0 Å². The minimum atomic E-state index is -0.509. The molecule has 0 bridgehead atoms. The SMILES string of the molecule is N#Cc1cc(F)cc(C#Cc2csc(C=O)n2)c1. The Morgan fingerprint density at radius 3 is 2.72 bits per heavy atom. The molecule has 0 spiro atoms. The Morgan fingerprint density at radius 2 is 2.06 bits per heavy atom. The number of halogens is 1. The van der Waals surface area contributed by atoms with Gasteiger partial charge >= 0.3 is 0 Å². The lowest BCUT2D eigenvalue weighted by molar-refractivity contribution is 0.112. The van der Waals surface area contributed by atoms with Gasteiger partial charge in [0.2, 0.25) is 0 Å². The van der Waals surface area contributed by atoms with E-state index in [1.807, 2.05) is 6.07 Å². The van der Waals surface area contributed by atoms with Crippen LogP contribution in [0.3, 0.4) is 0 Å². The van der Waals surface area contributed by atoms with Crippen molar-refractivity contribution in [2.75, 3.05) is 0 Å². The summed E-state index contributed by atoms with van der Waals surface area (Å²) >= 11 is 1.19. The molecule has 1 heterocycles. The number of aldehydes is 1. The van der Waals surface area contributed by atoms with E-state index >= 15 is 0 Å². The number of hydrogen-bond acceptors (Lipinski definition) is 4. The molecule has 0 unspecified atom stereocenters. The van der Waals surface area contributed by atoms with Crippen molar-refractivity contribution in [1.29, 1.82) is 5.26 Å². The molecule has 86 valence electrons. The molecule has 0 amide bonds. The third-order valence-corrected chi connectivity index (χ3v) is 2.75. The highest BCUT2D eigenvalue weighted by molar-refractivity contribution is 7.11. The molecule has 0 saturated heterocycles. The first-order chi connectivity index (χ1) is 8.71. The monoisotopic (exact) mass is 256 g/mol. The van der Waals surface area contributed by atoms with Crippen LogP contribution in [0.15, 0.2) is 23.6 Å². The molecule has 2 rings (SSSR count). The number of rotatable bonds is 1. The van der Waals surface area contributed by atoms with Gasteiger partial charge in [-0.2, -0.15) is 5.26 Å². The molecule has 0 radical (unpaired) electrons. The Balaban J connectivity index is 2.32. The Kier molecular flexibility index (Phi) is 3.47. The summed E-state index contributed by atoms with van der Waals surface area (Å²) in [5, 5.41) is 10.7. The highest BCUT2D eigenvalue weighted by atomic mass is 32.1. The van der Waals surface area contributed by atoms with Crippen LogP contribution in [0, 0.1) is 29.0 Å². The zero-order valence-corrected chi connectivity index (χ0v) is 9.79. The summed E-state index contributed by atoms with van der Waals surface area (Å²) in [5.41, 5.74) is 1.06. The summed E-state index contributed by atoms with van der Waals surface area (Å²) in [6.45, 7) is 0. The van der Waals surface area contributed by atoms with Crippen molar-refractivity contribution in [3.8, 4) is 17.9 Å². The van der Waals surface area contributed by atoms with Crippen LogP contribution in [-0.2, 0) is 0 Å². The van der Waals surface area contributed by atoms with Crippen LogP contribution in [0.2, 0.25) is 0 Å². The van der Waals surface area contributed by atoms with Gasteiger partial charge in [-0.05, 0) is 24.1 Å². The summed E-state index contributed by atoms with van der Waals surface area (Å²) in [4.78, 5) is 14.4. The standard InChI is InChI=1S/C13H5FN2OS/c14-11-4-9(3-10(5-11)6-15)1-2-12-8-18-13(7-17)16-12/h3-5,7-8H. The van der Waals surface area contributed by atoms with Crippen molar-refractivity contribution in [3.63, 3.8) is 0 Å². The third-order valence-electron chi connectivity index (χ3n) is 1.98. The number of hydrogen-bond donors (Lipinski definition) is 0. The van der Waals surface area contributed by atoms with E-state index in [-0.39, 0.29) is 5.56 Å². The van der Waals surface area contributed by atoms with Gasteiger partial charge in [-0.1, -0.05) is 5.92 Å². The molecule has 0 saturated carbocycles. The lowest BCUT2D eigenvalue weighted by Gasteiger charge is -1.92. The Hall–Kier alpha value is -2.50. The Morgan fingerprint density at radius 1 is 1.28 bits per heavy atom. The van der Waals surface area contributed by atoms with E-state index in [0.29, 0.717) is 22.6 Å². The fraction of sp³-hybridized carbons (Fsp3) is 0. The van der Waals surface area contributed by atoms with Gasteiger partial charge in [-0.15, -0.1) is 11.3 Å². The third kappa shape index (κ3) is 2.79. The normalized spacial score (nSPS) is 9.11. The summed E-state index contributed by atoms with van der Waals surface area (Å²) in [5.74, 6) is 4.90. The van der Waals surface area contributed by atoms with Crippen molar-refractivity contribution < 1.29 is 9.18 Å². The van der Waals surface area contributed by atoms with Gasteiger partial charge in [-0.25, -0.2) is 9.37 Å². The number of nitrogens with zero attached hydrogens (tertiary/aromatic N) is 2. The fourth-order valence-corrected chi connectivity index (χ4v) is 1.81. The number of aromatic nitrogens is 1. The first-order valence-electron chi connectivity index (χ1n) is 4.84. The molecule has 5 heteroatoms. The minimum absolute atomic E-state index is 0.214. The van der Waals surface area contributed by atoms with E-state index in [9.17, 15) is 9.18 Å². The number of benzene rings is 1. The van der Waals surface area contributed by atoms with Crippen LogP contribution in [0.4, 0.5) is 4.39 Å². The topological polar surface area (TPSA) is 53.8 Å². The molecule has 0 aliphatic heterocycles. The lowest BCUT2D eigenvalue weighted by atomic mass is 10.1. The van der Waals surface area contributed by atoms with Gasteiger partial charge in [0.25, 0.3) is 0 Å². The average Bonchev–Trinajstić information content (AvgIpc) is 2.83. The molecule has 0 fully saturated rings. The minimum Gasteiger partial charge on any atom is -0.295 e. The van der Waals surface area contributed by atoms with E-state index in [1.54, 1.807) is 5.38 Å². The lowest BCUT2D eigenvalue weighted by Crippen LogP contribution is -1.84. The summed E-state index contributed by atoms with van der Waals surface area (Å²) in [6.07, 6.45) is 0.645. The number of carbonyl (C=O) groups is 1. The quantitative estimate of drug-likeness (QED) is 0.581. The molecule has 1 aromatic carbocycles. The molecular formula is C13H5FN2OS. The Labute approximate surface area is 107 Å². The summed E-state index contributed by atoms with van der Waals surface area (Å²) < 4.78 is 13.1. The summed E-state index contributed by atoms with van der Waals surface area (Å²) in [7, 11) is 0. The van der Waals surface area contributed by atoms with Crippen molar-refractivity contribution >= 4 is 17.6 Å². The van der Waals surface area contributed by atoms with Gasteiger partial charge in [0.15, 0.2) is 11.3 Å². The van der Waals surface area contributed by atoms with Crippen LogP contribution in [0.25, 0.3) is 0 Å².